The Bertz CT molecular complexity index is 1130. The van der Waals surface area contributed by atoms with Crippen molar-refractivity contribution in [3.63, 3.8) is 0 Å². The van der Waals surface area contributed by atoms with Gasteiger partial charge >= 0.3 is 6.18 Å². The lowest BCUT2D eigenvalue weighted by Gasteiger charge is -2.27. The van der Waals surface area contributed by atoms with E-state index in [1.807, 2.05) is 28.8 Å². The molecule has 2 atom stereocenters. The molecule has 0 radical (unpaired) electrons. The van der Waals surface area contributed by atoms with Crippen LogP contribution in [0.1, 0.15) is 23.7 Å². The van der Waals surface area contributed by atoms with Gasteiger partial charge in [0.2, 0.25) is 5.71 Å². The molecule has 3 aromatic rings. The number of anilines is 1. The predicted molar refractivity (Wildman–Crippen MR) is 106 cm³/mol. The lowest BCUT2D eigenvalue weighted by molar-refractivity contribution is -0.511. The molecule has 0 aliphatic carbocycles. The molecule has 3 heterocycles. The molecule has 0 amide bonds. The highest BCUT2D eigenvalue weighted by Crippen LogP contribution is 2.37. The van der Waals surface area contributed by atoms with E-state index in [9.17, 15) is 17.6 Å². The van der Waals surface area contributed by atoms with Gasteiger partial charge in [-0.25, -0.2) is 8.97 Å². The minimum Gasteiger partial charge on any atom is -0.483 e. The highest BCUT2D eigenvalue weighted by Gasteiger charge is 2.38. The summed E-state index contributed by atoms with van der Waals surface area (Å²) in [7, 11) is 0. The van der Waals surface area contributed by atoms with E-state index in [1.54, 1.807) is 18.2 Å². The summed E-state index contributed by atoms with van der Waals surface area (Å²) in [5, 5.41) is 3.87. The number of halogens is 4. The Morgan fingerprint density at radius 2 is 1.93 bits per heavy atom. The maximum Gasteiger partial charge on any atom is 0.431 e. The first-order valence-electron chi connectivity index (χ1n) is 9.82. The van der Waals surface area contributed by atoms with E-state index < -0.39 is 18.0 Å². The minimum absolute atomic E-state index is 0.297. The number of nitrogens with one attached hydrogen (secondary N) is 2. The normalized spacial score (nSPS) is 24.0. The van der Waals surface area contributed by atoms with Crippen molar-refractivity contribution < 1.29 is 26.9 Å². The maximum absolute atomic E-state index is 13.9. The Balaban J connectivity index is 1.60. The van der Waals surface area contributed by atoms with Crippen LogP contribution in [-0.2, 0) is 6.18 Å². The monoisotopic (exact) mass is 418 g/mol. The van der Waals surface area contributed by atoms with Crippen molar-refractivity contribution in [2.45, 2.75) is 24.8 Å². The number of ether oxygens (including phenoxy) is 1. The first-order chi connectivity index (χ1) is 14.4. The van der Waals surface area contributed by atoms with Gasteiger partial charge in [-0.2, -0.15) is 13.2 Å². The molecule has 1 fully saturated rings. The summed E-state index contributed by atoms with van der Waals surface area (Å²) in [6, 6.07) is 13.4. The summed E-state index contributed by atoms with van der Waals surface area (Å²) in [4.78, 5) is 2.45. The number of hydrogen-bond donors (Lipinski definition) is 2. The number of nitrogens with zero attached hydrogens (tertiary/aromatic N) is 1. The van der Waals surface area contributed by atoms with Crippen molar-refractivity contribution in [2.24, 2.45) is 0 Å². The van der Waals surface area contributed by atoms with Crippen LogP contribution in [0.15, 0.2) is 48.5 Å². The summed E-state index contributed by atoms with van der Waals surface area (Å²) < 4.78 is 61.4. The van der Waals surface area contributed by atoms with Crippen LogP contribution >= 0.6 is 0 Å². The summed E-state index contributed by atoms with van der Waals surface area (Å²) in [5.74, 6) is 0.715. The summed E-state index contributed by atoms with van der Waals surface area (Å²) in [6.07, 6.45) is -4.89. The maximum atomic E-state index is 13.9. The third kappa shape index (κ3) is 3.30. The van der Waals surface area contributed by atoms with Gasteiger partial charge in [0.25, 0.3) is 0 Å². The molecule has 4 nitrogen and oxygen atoms in total. The van der Waals surface area contributed by atoms with Gasteiger partial charge in [0.05, 0.1) is 0 Å². The second kappa shape index (κ2) is 7.04. The topological polar surface area (TPSA) is 40.1 Å². The van der Waals surface area contributed by atoms with Crippen LogP contribution in [0.5, 0.6) is 5.75 Å². The van der Waals surface area contributed by atoms with Crippen molar-refractivity contribution in [2.75, 3.05) is 25.0 Å². The number of hydrogen-bond acceptors (Lipinski definition) is 2. The second-order valence-corrected chi connectivity index (χ2v) is 7.67. The number of aromatic nitrogens is 1. The first kappa shape index (κ1) is 19.0. The van der Waals surface area contributed by atoms with Crippen LogP contribution in [0.25, 0.3) is 10.9 Å². The van der Waals surface area contributed by atoms with Crippen molar-refractivity contribution in [3.05, 3.63) is 59.8 Å². The lowest BCUT2D eigenvalue weighted by atomic mass is 9.97. The minimum atomic E-state index is -4.45. The fourth-order valence-electron chi connectivity index (χ4n) is 4.27. The molecule has 0 bridgehead atoms. The molecular weight excluding hydrogens is 398 g/mol. The number of H-pyrrole nitrogens is 1. The molecule has 5 rings (SSSR count). The molecule has 2 aliphatic rings. The number of rotatable bonds is 2. The molecule has 2 N–H and O–H groups in total. The van der Waals surface area contributed by atoms with Crippen LogP contribution in [0.2, 0.25) is 0 Å². The fourth-order valence-corrected chi connectivity index (χ4v) is 4.27. The lowest BCUT2D eigenvalue weighted by Crippen LogP contribution is -2.38. The van der Waals surface area contributed by atoms with Crippen molar-refractivity contribution >= 4 is 22.3 Å². The van der Waals surface area contributed by atoms with E-state index in [1.165, 1.54) is 0 Å². The average Bonchev–Trinajstić information content (AvgIpc) is 3.35. The summed E-state index contributed by atoms with van der Waals surface area (Å²) in [6.45, 7) is 1.19. The number of para-hydroxylation sites is 1. The zero-order chi connectivity index (χ0) is 20.9. The van der Waals surface area contributed by atoms with Crippen molar-refractivity contribution in [1.82, 2.24) is 4.98 Å². The van der Waals surface area contributed by atoms with E-state index in [0.29, 0.717) is 48.5 Å². The molecule has 8 heteroatoms. The Labute approximate surface area is 170 Å². The number of aromatic amines is 1. The molecule has 0 spiro atoms. The van der Waals surface area contributed by atoms with Gasteiger partial charge in [-0.15, -0.1) is 0 Å². The van der Waals surface area contributed by atoms with Crippen LogP contribution in [0.4, 0.5) is 23.2 Å². The number of fused-ring (bicyclic) bond motifs is 2. The molecule has 2 aromatic carbocycles. The van der Waals surface area contributed by atoms with Crippen molar-refractivity contribution in [1.29, 1.82) is 0 Å². The molecule has 2 aliphatic heterocycles. The van der Waals surface area contributed by atoms with Crippen LogP contribution in [-0.4, -0.2) is 41.1 Å². The van der Waals surface area contributed by atoms with Gasteiger partial charge < -0.3 is 15.0 Å². The van der Waals surface area contributed by atoms with Crippen LogP contribution in [0, 0.1) is 0 Å². The van der Waals surface area contributed by atoms with Gasteiger partial charge in [0.15, 0.2) is 19.3 Å². The predicted octanol–water partition coefficient (Wildman–Crippen LogP) is 4.93. The molecule has 0 unspecified atom stereocenters. The Morgan fingerprint density at radius 1 is 1.10 bits per heavy atom. The quantitative estimate of drug-likeness (QED) is 0.458. The first-order valence-corrected chi connectivity index (χ1v) is 9.82. The van der Waals surface area contributed by atoms with Gasteiger partial charge in [-0.1, -0.05) is 24.3 Å². The summed E-state index contributed by atoms with van der Waals surface area (Å²) in [5.41, 5.74) is 1.96. The van der Waals surface area contributed by atoms with E-state index in [0.717, 1.165) is 17.3 Å². The third-order valence-electron chi connectivity index (χ3n) is 5.75. The SMILES string of the molecule is F[C@H]1CC[N+](=C2COc3ccccc3[C@@H]2Nc2cccc3[nH]c(C(F)(F)F)cc23)C1. The van der Waals surface area contributed by atoms with E-state index >= 15 is 0 Å². The fraction of sp³-hybridized carbons (Fsp3) is 0.318. The number of benzene rings is 2. The zero-order valence-electron chi connectivity index (χ0n) is 16.0. The largest absolute Gasteiger partial charge is 0.483 e. The van der Waals surface area contributed by atoms with E-state index in [-0.39, 0.29) is 6.04 Å². The average molecular weight is 418 g/mol. The second-order valence-electron chi connectivity index (χ2n) is 7.67. The Morgan fingerprint density at radius 3 is 2.70 bits per heavy atom. The van der Waals surface area contributed by atoms with Gasteiger partial charge in [-0.05, 0) is 24.3 Å². The van der Waals surface area contributed by atoms with Gasteiger partial charge in [-0.3, -0.25) is 0 Å². The third-order valence-corrected chi connectivity index (χ3v) is 5.75. The zero-order valence-corrected chi connectivity index (χ0v) is 16.0. The smallest absolute Gasteiger partial charge is 0.431 e. The van der Waals surface area contributed by atoms with Gasteiger partial charge in [0, 0.05) is 28.6 Å². The highest BCUT2D eigenvalue weighted by atomic mass is 19.4. The molecule has 156 valence electrons. The molecular formula is C22H20F4N3O+. The van der Waals surface area contributed by atoms with Crippen LogP contribution in [0.3, 0.4) is 0 Å². The van der Waals surface area contributed by atoms with Crippen molar-refractivity contribution in [3.8, 4) is 5.75 Å². The Kier molecular flexibility index (Phi) is 4.45. The molecule has 1 aromatic heterocycles. The highest BCUT2D eigenvalue weighted by molar-refractivity contribution is 5.97. The van der Waals surface area contributed by atoms with E-state index in [4.69, 9.17) is 4.74 Å². The van der Waals surface area contributed by atoms with Gasteiger partial charge in [0.1, 0.15) is 24.0 Å². The Hall–Kier alpha value is -3.03. The molecule has 1 saturated heterocycles. The molecule has 0 saturated carbocycles. The molecule has 30 heavy (non-hydrogen) atoms. The van der Waals surface area contributed by atoms with Crippen LogP contribution < -0.4 is 10.1 Å². The van der Waals surface area contributed by atoms with E-state index in [2.05, 4.69) is 10.3 Å². The standard InChI is InChI=1S/C22H20F4N3O/c23-13-8-9-29(11-13)18-12-30-19-7-2-1-4-14(19)21(18)28-17-6-3-5-16-15(17)10-20(27-16)22(24,25)26/h1-7,10,13,21,27-28H,8-9,11-12H2/q+1/t13-,21-/m0/s1. The number of alkyl halides is 4. The summed E-state index contributed by atoms with van der Waals surface area (Å²) >= 11 is 0.